The lowest BCUT2D eigenvalue weighted by atomic mass is 10.1. The summed E-state index contributed by atoms with van der Waals surface area (Å²) in [6, 6.07) is 2.48. The molecule has 0 saturated carbocycles. The van der Waals surface area contributed by atoms with Crippen molar-refractivity contribution in [2.45, 2.75) is 25.6 Å². The summed E-state index contributed by atoms with van der Waals surface area (Å²) in [6.07, 6.45) is -4.82. The van der Waals surface area contributed by atoms with Crippen LogP contribution in [-0.4, -0.2) is 17.1 Å². The number of ether oxygens (including phenoxy) is 1. The van der Waals surface area contributed by atoms with E-state index in [1.807, 2.05) is 0 Å². The van der Waals surface area contributed by atoms with Crippen LogP contribution in [0.4, 0.5) is 18.9 Å². The van der Waals surface area contributed by atoms with Crippen LogP contribution in [0.15, 0.2) is 18.2 Å². The van der Waals surface area contributed by atoms with Crippen LogP contribution in [0.2, 0.25) is 0 Å². The van der Waals surface area contributed by atoms with Crippen molar-refractivity contribution in [1.29, 1.82) is 0 Å². The van der Waals surface area contributed by atoms with Gasteiger partial charge in [-0.3, -0.25) is 10.1 Å². The maximum atomic E-state index is 12.7. The second-order valence-electron chi connectivity index (χ2n) is 4.71. The van der Waals surface area contributed by atoms with Gasteiger partial charge in [-0.05, 0) is 26.0 Å². The topological polar surface area (TPSA) is 78.4 Å². The number of nitrogens with zero attached hydrogens (tertiary/aromatic N) is 1. The molecule has 0 saturated heterocycles. The Bertz CT molecular complexity index is 481. The van der Waals surface area contributed by atoms with E-state index in [9.17, 15) is 23.3 Å². The molecule has 0 atom stereocenters. The van der Waals surface area contributed by atoms with Gasteiger partial charge in [-0.25, -0.2) is 0 Å². The van der Waals surface area contributed by atoms with E-state index in [4.69, 9.17) is 10.5 Å². The van der Waals surface area contributed by atoms with Crippen molar-refractivity contribution < 1.29 is 22.8 Å². The van der Waals surface area contributed by atoms with E-state index >= 15 is 0 Å². The minimum Gasteiger partial charge on any atom is -0.492 e. The van der Waals surface area contributed by atoms with Gasteiger partial charge in [-0.1, -0.05) is 0 Å². The lowest BCUT2D eigenvalue weighted by molar-refractivity contribution is -0.388. The van der Waals surface area contributed by atoms with Crippen molar-refractivity contribution in [1.82, 2.24) is 0 Å². The standard InChI is InChI=1S/C11H13F3N2O3/c1-10(2,15)6-19-7-3-4-9(16(17)18)8(5-7)11(12,13)14/h3-5H,6,15H2,1-2H3. The fraction of sp³-hybridized carbons (Fsp3) is 0.455. The summed E-state index contributed by atoms with van der Waals surface area (Å²) < 4.78 is 43.1. The highest BCUT2D eigenvalue weighted by molar-refractivity contribution is 5.47. The molecule has 0 aromatic heterocycles. The van der Waals surface area contributed by atoms with Gasteiger partial charge in [0.15, 0.2) is 0 Å². The summed E-state index contributed by atoms with van der Waals surface area (Å²) in [7, 11) is 0. The fourth-order valence-electron chi connectivity index (χ4n) is 1.26. The van der Waals surface area contributed by atoms with E-state index in [1.165, 1.54) is 0 Å². The average Bonchev–Trinajstić information content (AvgIpc) is 2.23. The van der Waals surface area contributed by atoms with E-state index in [0.717, 1.165) is 12.1 Å². The number of hydrogen-bond acceptors (Lipinski definition) is 4. The normalized spacial score (nSPS) is 12.3. The first-order valence-corrected chi connectivity index (χ1v) is 5.28. The monoisotopic (exact) mass is 278 g/mol. The van der Waals surface area contributed by atoms with Gasteiger partial charge in [-0.2, -0.15) is 13.2 Å². The molecule has 1 rings (SSSR count). The highest BCUT2D eigenvalue weighted by Crippen LogP contribution is 2.38. The molecule has 0 fully saturated rings. The molecule has 0 aliphatic rings. The van der Waals surface area contributed by atoms with Crippen LogP contribution in [0.3, 0.4) is 0 Å². The number of rotatable bonds is 4. The van der Waals surface area contributed by atoms with Gasteiger partial charge < -0.3 is 10.5 Å². The van der Waals surface area contributed by atoms with Crippen molar-refractivity contribution in [3.63, 3.8) is 0 Å². The smallest absolute Gasteiger partial charge is 0.423 e. The second kappa shape index (κ2) is 5.04. The Morgan fingerprint density at radius 3 is 2.37 bits per heavy atom. The Labute approximate surface area is 107 Å². The number of nitro groups is 1. The van der Waals surface area contributed by atoms with Crippen molar-refractivity contribution >= 4 is 5.69 Å². The molecule has 0 heterocycles. The highest BCUT2D eigenvalue weighted by atomic mass is 19.4. The Hall–Kier alpha value is -1.83. The third kappa shape index (κ3) is 4.40. The minimum atomic E-state index is -4.82. The lowest BCUT2D eigenvalue weighted by Gasteiger charge is -2.19. The molecular formula is C11H13F3N2O3. The maximum Gasteiger partial charge on any atom is 0.423 e. The molecule has 5 nitrogen and oxygen atoms in total. The van der Waals surface area contributed by atoms with E-state index < -0.39 is 27.9 Å². The SMILES string of the molecule is CC(C)(N)COc1ccc([N+](=O)[O-])c(C(F)(F)F)c1. The predicted octanol–water partition coefficient (Wildman–Crippen LogP) is 2.73. The number of halogens is 3. The summed E-state index contributed by atoms with van der Waals surface area (Å²) in [5.74, 6) is -0.114. The van der Waals surface area contributed by atoms with Crippen LogP contribution in [-0.2, 0) is 6.18 Å². The summed E-state index contributed by atoms with van der Waals surface area (Å²) >= 11 is 0. The molecule has 8 heteroatoms. The molecule has 2 N–H and O–H groups in total. The van der Waals surface area contributed by atoms with Crippen LogP contribution in [0.25, 0.3) is 0 Å². The third-order valence-electron chi connectivity index (χ3n) is 2.08. The van der Waals surface area contributed by atoms with Crippen LogP contribution >= 0.6 is 0 Å². The van der Waals surface area contributed by atoms with Gasteiger partial charge in [-0.15, -0.1) is 0 Å². The Kier molecular flexibility index (Phi) is 4.04. The van der Waals surface area contributed by atoms with Crippen LogP contribution in [0.5, 0.6) is 5.75 Å². The van der Waals surface area contributed by atoms with Crippen molar-refractivity contribution in [2.24, 2.45) is 5.73 Å². The molecule has 1 aromatic carbocycles. The molecule has 0 amide bonds. The molecule has 0 radical (unpaired) electrons. The largest absolute Gasteiger partial charge is 0.492 e. The Morgan fingerprint density at radius 1 is 1.37 bits per heavy atom. The number of alkyl halides is 3. The zero-order valence-electron chi connectivity index (χ0n) is 10.3. The summed E-state index contributed by atoms with van der Waals surface area (Å²) in [6.45, 7) is 3.27. The first-order valence-electron chi connectivity index (χ1n) is 5.28. The van der Waals surface area contributed by atoms with Crippen LogP contribution in [0.1, 0.15) is 19.4 Å². The molecule has 0 spiro atoms. The molecule has 0 aliphatic heterocycles. The van der Waals surface area contributed by atoms with Crippen LogP contribution < -0.4 is 10.5 Å². The zero-order valence-corrected chi connectivity index (χ0v) is 10.3. The van der Waals surface area contributed by atoms with E-state index in [2.05, 4.69) is 0 Å². The highest BCUT2D eigenvalue weighted by Gasteiger charge is 2.38. The molecular weight excluding hydrogens is 265 g/mol. The summed E-state index contributed by atoms with van der Waals surface area (Å²) in [5.41, 5.74) is 2.56. The number of benzene rings is 1. The first-order chi connectivity index (χ1) is 8.50. The molecule has 19 heavy (non-hydrogen) atoms. The van der Waals surface area contributed by atoms with Gasteiger partial charge in [0.1, 0.15) is 17.9 Å². The summed E-state index contributed by atoms with van der Waals surface area (Å²) in [5, 5.41) is 10.5. The second-order valence-corrected chi connectivity index (χ2v) is 4.71. The maximum absolute atomic E-state index is 12.7. The Morgan fingerprint density at radius 2 is 1.95 bits per heavy atom. The minimum absolute atomic E-state index is 0.0118. The first kappa shape index (κ1) is 15.2. The van der Waals surface area contributed by atoms with E-state index in [0.29, 0.717) is 6.07 Å². The molecule has 0 unspecified atom stereocenters. The van der Waals surface area contributed by atoms with Gasteiger partial charge in [0.2, 0.25) is 0 Å². The van der Waals surface area contributed by atoms with Gasteiger partial charge >= 0.3 is 6.18 Å². The zero-order chi connectivity index (χ0) is 14.8. The number of nitrogens with two attached hydrogens (primary N) is 1. The number of hydrogen-bond donors (Lipinski definition) is 1. The molecule has 106 valence electrons. The third-order valence-corrected chi connectivity index (χ3v) is 2.08. The molecule has 1 aromatic rings. The van der Waals surface area contributed by atoms with Gasteiger partial charge in [0.05, 0.1) is 4.92 Å². The Balaban J connectivity index is 3.09. The van der Waals surface area contributed by atoms with Crippen LogP contribution in [0, 0.1) is 10.1 Å². The number of nitro benzene ring substituents is 1. The average molecular weight is 278 g/mol. The van der Waals surface area contributed by atoms with Crippen molar-refractivity contribution in [3.05, 3.63) is 33.9 Å². The van der Waals surface area contributed by atoms with E-state index in [1.54, 1.807) is 13.8 Å². The summed E-state index contributed by atoms with van der Waals surface area (Å²) in [4.78, 5) is 9.46. The van der Waals surface area contributed by atoms with Gasteiger partial charge in [0.25, 0.3) is 5.69 Å². The van der Waals surface area contributed by atoms with E-state index in [-0.39, 0.29) is 12.4 Å². The molecule has 0 bridgehead atoms. The van der Waals surface area contributed by atoms with Crippen molar-refractivity contribution in [2.75, 3.05) is 6.61 Å². The fourth-order valence-corrected chi connectivity index (χ4v) is 1.26. The predicted molar refractivity (Wildman–Crippen MR) is 61.9 cm³/mol. The quantitative estimate of drug-likeness (QED) is 0.678. The molecule has 0 aliphatic carbocycles. The van der Waals surface area contributed by atoms with Crippen molar-refractivity contribution in [3.8, 4) is 5.75 Å². The van der Waals surface area contributed by atoms with Gasteiger partial charge in [0, 0.05) is 11.6 Å². The lowest BCUT2D eigenvalue weighted by Crippen LogP contribution is -2.38.